The Balaban J connectivity index is 2.12. The molecule has 0 aromatic heterocycles. The van der Waals surface area contributed by atoms with Crippen molar-refractivity contribution in [1.82, 2.24) is 9.80 Å². The number of hydrogen-bond acceptors (Lipinski definition) is 2. The lowest BCUT2D eigenvalue weighted by molar-refractivity contribution is 0.120. The fourth-order valence-electron chi connectivity index (χ4n) is 3.69. The molecule has 0 unspecified atom stereocenters. The van der Waals surface area contributed by atoms with Crippen molar-refractivity contribution in [3.63, 3.8) is 0 Å². The molecule has 0 bridgehead atoms. The summed E-state index contributed by atoms with van der Waals surface area (Å²) in [5.74, 6) is 0.481. The molecule has 4 nitrogen and oxygen atoms in total. The first kappa shape index (κ1) is 17.8. The Kier molecular flexibility index (Phi) is 6.05. The van der Waals surface area contributed by atoms with Crippen molar-refractivity contribution < 1.29 is 4.79 Å². The van der Waals surface area contributed by atoms with Crippen LogP contribution in [0.3, 0.4) is 0 Å². The molecule has 0 spiro atoms. The third kappa shape index (κ3) is 4.47. The van der Waals surface area contributed by atoms with Gasteiger partial charge < -0.3 is 15.1 Å². The summed E-state index contributed by atoms with van der Waals surface area (Å²) in [4.78, 5) is 17.1. The van der Waals surface area contributed by atoms with E-state index in [0.717, 1.165) is 42.7 Å². The minimum absolute atomic E-state index is 0.0534. The van der Waals surface area contributed by atoms with E-state index in [1.807, 2.05) is 32.0 Å². The second-order valence-corrected chi connectivity index (χ2v) is 7.19. The number of nitrogens with one attached hydrogen (secondary N) is 1. The number of anilines is 1. The van der Waals surface area contributed by atoms with E-state index in [9.17, 15) is 4.79 Å². The average molecular weight is 317 g/mol. The van der Waals surface area contributed by atoms with Gasteiger partial charge in [0.25, 0.3) is 0 Å². The van der Waals surface area contributed by atoms with Crippen molar-refractivity contribution in [2.75, 3.05) is 32.5 Å². The molecule has 0 radical (unpaired) electrons. The monoisotopic (exact) mass is 317 g/mol. The zero-order valence-electron chi connectivity index (χ0n) is 15.2. The van der Waals surface area contributed by atoms with Gasteiger partial charge in [-0.1, -0.05) is 25.1 Å². The highest BCUT2D eigenvalue weighted by molar-refractivity contribution is 5.91. The SMILES string of the molecule is Cc1cccc(C)c1NC(=O)N1CCCC[C@H]1[C@@H](C)CN(C)C. The van der Waals surface area contributed by atoms with Gasteiger partial charge in [0.15, 0.2) is 0 Å². The summed E-state index contributed by atoms with van der Waals surface area (Å²) in [6.45, 7) is 8.22. The summed E-state index contributed by atoms with van der Waals surface area (Å²) in [6, 6.07) is 6.51. The number of para-hydroxylation sites is 1. The van der Waals surface area contributed by atoms with Crippen molar-refractivity contribution in [3.8, 4) is 0 Å². The van der Waals surface area contributed by atoms with Crippen molar-refractivity contribution in [2.45, 2.75) is 46.1 Å². The van der Waals surface area contributed by atoms with Gasteiger partial charge in [0.1, 0.15) is 0 Å². The lowest BCUT2D eigenvalue weighted by Gasteiger charge is -2.40. The molecule has 2 atom stereocenters. The summed E-state index contributed by atoms with van der Waals surface area (Å²) in [7, 11) is 4.20. The number of hydrogen-bond donors (Lipinski definition) is 1. The van der Waals surface area contributed by atoms with E-state index in [-0.39, 0.29) is 6.03 Å². The van der Waals surface area contributed by atoms with Crippen LogP contribution < -0.4 is 5.32 Å². The van der Waals surface area contributed by atoms with Gasteiger partial charge in [0.05, 0.1) is 0 Å². The van der Waals surface area contributed by atoms with Crippen LogP contribution in [0.15, 0.2) is 18.2 Å². The molecule has 1 saturated heterocycles. The van der Waals surface area contributed by atoms with Crippen LogP contribution in [0.4, 0.5) is 10.5 Å². The lowest BCUT2D eigenvalue weighted by atomic mass is 9.91. The van der Waals surface area contributed by atoms with Crippen LogP contribution in [-0.2, 0) is 0 Å². The Morgan fingerprint density at radius 3 is 2.57 bits per heavy atom. The Labute approximate surface area is 140 Å². The van der Waals surface area contributed by atoms with E-state index in [0.29, 0.717) is 12.0 Å². The van der Waals surface area contributed by atoms with Crippen LogP contribution in [0, 0.1) is 19.8 Å². The van der Waals surface area contributed by atoms with Crippen molar-refractivity contribution in [2.24, 2.45) is 5.92 Å². The quantitative estimate of drug-likeness (QED) is 0.914. The van der Waals surface area contributed by atoms with E-state index in [4.69, 9.17) is 0 Å². The Bertz CT molecular complexity index is 521. The van der Waals surface area contributed by atoms with E-state index in [1.54, 1.807) is 0 Å². The molecule has 128 valence electrons. The summed E-state index contributed by atoms with van der Waals surface area (Å²) in [6.07, 6.45) is 3.43. The highest BCUT2D eigenvalue weighted by Gasteiger charge is 2.31. The fraction of sp³-hybridized carbons (Fsp3) is 0.632. The van der Waals surface area contributed by atoms with Gasteiger partial charge in [-0.2, -0.15) is 0 Å². The van der Waals surface area contributed by atoms with Gasteiger partial charge in [0, 0.05) is 24.8 Å². The molecule has 2 amide bonds. The van der Waals surface area contributed by atoms with E-state index in [1.165, 1.54) is 6.42 Å². The molecule has 0 aliphatic carbocycles. The number of nitrogens with zero attached hydrogens (tertiary/aromatic N) is 2. The predicted octanol–water partition coefficient (Wildman–Crippen LogP) is 3.89. The highest BCUT2D eigenvalue weighted by atomic mass is 16.2. The predicted molar refractivity (Wildman–Crippen MR) is 97.0 cm³/mol. The molecular formula is C19H31N3O. The Morgan fingerprint density at radius 2 is 1.96 bits per heavy atom. The van der Waals surface area contributed by atoms with Gasteiger partial charge in [-0.25, -0.2) is 4.79 Å². The van der Waals surface area contributed by atoms with Gasteiger partial charge in [-0.3, -0.25) is 0 Å². The maximum absolute atomic E-state index is 12.9. The molecule has 1 N–H and O–H groups in total. The average Bonchev–Trinajstić information content (AvgIpc) is 2.50. The summed E-state index contributed by atoms with van der Waals surface area (Å²) < 4.78 is 0. The molecule has 1 aliphatic rings. The molecular weight excluding hydrogens is 286 g/mol. The number of carbonyl (C=O) groups excluding carboxylic acids is 1. The summed E-state index contributed by atoms with van der Waals surface area (Å²) in [5, 5.41) is 3.16. The van der Waals surface area contributed by atoms with Crippen LogP contribution in [0.5, 0.6) is 0 Å². The first-order valence-electron chi connectivity index (χ1n) is 8.68. The van der Waals surface area contributed by atoms with Crippen LogP contribution in [0.1, 0.15) is 37.3 Å². The number of benzene rings is 1. The standard InChI is InChI=1S/C19H31N3O/c1-14-9-8-10-15(2)18(14)20-19(23)22-12-7-6-11-17(22)16(3)13-21(4)5/h8-10,16-17H,6-7,11-13H2,1-5H3,(H,20,23)/t16-,17-/m0/s1. The summed E-state index contributed by atoms with van der Waals surface area (Å²) >= 11 is 0. The number of rotatable bonds is 4. The number of amides is 2. The third-order valence-electron chi connectivity index (χ3n) is 4.83. The van der Waals surface area contributed by atoms with Crippen LogP contribution in [-0.4, -0.2) is 49.1 Å². The first-order valence-corrected chi connectivity index (χ1v) is 8.68. The van der Waals surface area contributed by atoms with Crippen molar-refractivity contribution in [1.29, 1.82) is 0 Å². The maximum atomic E-state index is 12.9. The van der Waals surface area contributed by atoms with Gasteiger partial charge in [-0.15, -0.1) is 0 Å². The third-order valence-corrected chi connectivity index (χ3v) is 4.83. The van der Waals surface area contributed by atoms with E-state index < -0.39 is 0 Å². The van der Waals surface area contributed by atoms with E-state index in [2.05, 4.69) is 36.1 Å². The van der Waals surface area contributed by atoms with Gasteiger partial charge >= 0.3 is 6.03 Å². The molecule has 4 heteroatoms. The first-order chi connectivity index (χ1) is 10.9. The molecule has 1 aromatic carbocycles. The number of piperidine rings is 1. The number of urea groups is 1. The number of carbonyl (C=O) groups is 1. The smallest absolute Gasteiger partial charge is 0.321 e. The number of likely N-dealkylation sites (tertiary alicyclic amines) is 1. The second kappa shape index (κ2) is 7.82. The lowest BCUT2D eigenvalue weighted by Crippen LogP contribution is -2.50. The van der Waals surface area contributed by atoms with Gasteiger partial charge in [-0.05, 0) is 64.3 Å². The normalized spacial score (nSPS) is 19.7. The van der Waals surface area contributed by atoms with E-state index >= 15 is 0 Å². The molecule has 1 fully saturated rings. The van der Waals surface area contributed by atoms with Crippen LogP contribution >= 0.6 is 0 Å². The zero-order chi connectivity index (χ0) is 17.0. The molecule has 1 aliphatic heterocycles. The second-order valence-electron chi connectivity index (χ2n) is 7.19. The fourth-order valence-corrected chi connectivity index (χ4v) is 3.69. The Morgan fingerprint density at radius 1 is 1.30 bits per heavy atom. The van der Waals surface area contributed by atoms with Crippen molar-refractivity contribution in [3.05, 3.63) is 29.3 Å². The molecule has 0 saturated carbocycles. The van der Waals surface area contributed by atoms with Crippen LogP contribution in [0.2, 0.25) is 0 Å². The van der Waals surface area contributed by atoms with Crippen LogP contribution in [0.25, 0.3) is 0 Å². The summed E-state index contributed by atoms with van der Waals surface area (Å²) in [5.41, 5.74) is 3.20. The maximum Gasteiger partial charge on any atom is 0.322 e. The zero-order valence-corrected chi connectivity index (χ0v) is 15.2. The minimum atomic E-state index is 0.0534. The van der Waals surface area contributed by atoms with Gasteiger partial charge in [0.2, 0.25) is 0 Å². The minimum Gasteiger partial charge on any atom is -0.321 e. The topological polar surface area (TPSA) is 35.6 Å². The van der Waals surface area contributed by atoms with Crippen molar-refractivity contribution >= 4 is 11.7 Å². The highest BCUT2D eigenvalue weighted by Crippen LogP contribution is 2.26. The molecule has 2 rings (SSSR count). The molecule has 23 heavy (non-hydrogen) atoms. The number of aryl methyl sites for hydroxylation is 2. The Hall–Kier alpha value is -1.55. The largest absolute Gasteiger partial charge is 0.322 e. The molecule has 1 aromatic rings. The molecule has 1 heterocycles.